The van der Waals surface area contributed by atoms with Gasteiger partial charge < -0.3 is 10.1 Å². The van der Waals surface area contributed by atoms with Crippen molar-refractivity contribution in [2.75, 3.05) is 5.32 Å². The molecule has 1 heterocycles. The molecule has 4 nitrogen and oxygen atoms in total. The minimum Gasteiger partial charge on any atom is -0.474 e. The number of carbonyl (C=O) groups excluding carboxylic acids is 1. The van der Waals surface area contributed by atoms with Crippen molar-refractivity contribution in [2.24, 2.45) is 0 Å². The van der Waals surface area contributed by atoms with Crippen LogP contribution in [0.25, 0.3) is 11.1 Å². The summed E-state index contributed by atoms with van der Waals surface area (Å²) < 4.78 is 5.80. The maximum absolute atomic E-state index is 11.7. The van der Waals surface area contributed by atoms with Gasteiger partial charge in [-0.25, -0.2) is 4.98 Å². The van der Waals surface area contributed by atoms with Crippen molar-refractivity contribution in [3.63, 3.8) is 0 Å². The lowest BCUT2D eigenvalue weighted by Gasteiger charge is -2.16. The van der Waals surface area contributed by atoms with Crippen LogP contribution in [-0.2, 0) is 17.6 Å². The molecular formula is C19H20N2O2. The summed E-state index contributed by atoms with van der Waals surface area (Å²) in [4.78, 5) is 16.0. The van der Waals surface area contributed by atoms with Crippen molar-refractivity contribution in [2.45, 2.75) is 45.1 Å². The van der Waals surface area contributed by atoms with Gasteiger partial charge in [0.1, 0.15) is 6.10 Å². The predicted octanol–water partition coefficient (Wildman–Crippen LogP) is 3.74. The molecule has 1 aromatic carbocycles. The van der Waals surface area contributed by atoms with E-state index in [-0.39, 0.29) is 5.91 Å². The van der Waals surface area contributed by atoms with Gasteiger partial charge >= 0.3 is 0 Å². The first-order chi connectivity index (χ1) is 11.2. The zero-order valence-corrected chi connectivity index (χ0v) is 13.3. The number of aromatic nitrogens is 1. The lowest BCUT2D eigenvalue weighted by Crippen LogP contribution is -2.09. The van der Waals surface area contributed by atoms with E-state index in [0.717, 1.165) is 48.9 Å². The van der Waals surface area contributed by atoms with E-state index < -0.39 is 0 Å². The highest BCUT2D eigenvalue weighted by molar-refractivity contribution is 5.96. The first kappa shape index (κ1) is 14.2. The third-order valence-electron chi connectivity index (χ3n) is 4.44. The van der Waals surface area contributed by atoms with Crippen LogP contribution in [0, 0.1) is 0 Å². The molecule has 4 rings (SSSR count). The van der Waals surface area contributed by atoms with E-state index in [4.69, 9.17) is 4.74 Å². The molecule has 0 aliphatic heterocycles. The smallest absolute Gasteiger partial charge is 0.221 e. The number of fused-ring (bicyclic) bond motifs is 1. The van der Waals surface area contributed by atoms with Gasteiger partial charge in [0, 0.05) is 24.8 Å². The van der Waals surface area contributed by atoms with Crippen LogP contribution in [0.2, 0.25) is 0 Å². The molecule has 1 saturated carbocycles. The maximum Gasteiger partial charge on any atom is 0.221 e. The Morgan fingerprint density at radius 2 is 2.13 bits per heavy atom. The van der Waals surface area contributed by atoms with E-state index in [1.54, 1.807) is 13.1 Å². The number of nitrogens with one attached hydrogen (secondary N) is 1. The fraction of sp³-hybridized carbons (Fsp3) is 0.368. The van der Waals surface area contributed by atoms with Gasteiger partial charge in [-0.1, -0.05) is 12.1 Å². The summed E-state index contributed by atoms with van der Waals surface area (Å²) >= 11 is 0. The lowest BCUT2D eigenvalue weighted by atomic mass is 9.98. The summed E-state index contributed by atoms with van der Waals surface area (Å²) in [6.07, 6.45) is 7.59. The average Bonchev–Trinajstić information content (AvgIpc) is 3.20. The van der Waals surface area contributed by atoms with Gasteiger partial charge in [0.2, 0.25) is 11.8 Å². The van der Waals surface area contributed by atoms with Crippen LogP contribution in [0.4, 0.5) is 5.69 Å². The second kappa shape index (κ2) is 5.69. The number of hydrogen-bond acceptors (Lipinski definition) is 3. The van der Waals surface area contributed by atoms with E-state index in [1.807, 2.05) is 12.1 Å². The molecule has 4 heteroatoms. The zero-order valence-electron chi connectivity index (χ0n) is 13.3. The number of rotatable bonds is 4. The summed E-state index contributed by atoms with van der Waals surface area (Å²) in [6, 6.07) is 8.23. The Balaban J connectivity index is 1.76. The SMILES string of the molecule is CC(=O)Nc1c(-c2ccnc(OC3CC3)c2)ccc2c1CCC2. The highest BCUT2D eigenvalue weighted by atomic mass is 16.5. The van der Waals surface area contributed by atoms with Crippen LogP contribution in [0.15, 0.2) is 30.5 Å². The monoisotopic (exact) mass is 308 g/mol. The van der Waals surface area contributed by atoms with Gasteiger partial charge in [0.15, 0.2) is 0 Å². The number of ether oxygens (including phenoxy) is 1. The van der Waals surface area contributed by atoms with Crippen molar-refractivity contribution in [3.8, 4) is 17.0 Å². The number of nitrogens with zero attached hydrogens (tertiary/aromatic N) is 1. The Bertz CT molecular complexity index is 766. The third-order valence-corrected chi connectivity index (χ3v) is 4.44. The van der Waals surface area contributed by atoms with Crippen LogP contribution in [-0.4, -0.2) is 17.0 Å². The second-order valence-electron chi connectivity index (χ2n) is 6.36. The molecule has 1 fully saturated rings. The minimum absolute atomic E-state index is 0.0324. The first-order valence-electron chi connectivity index (χ1n) is 8.26. The zero-order chi connectivity index (χ0) is 15.8. The van der Waals surface area contributed by atoms with E-state index in [9.17, 15) is 4.79 Å². The molecule has 2 aliphatic rings. The topological polar surface area (TPSA) is 51.2 Å². The normalized spacial score (nSPS) is 16.0. The molecule has 0 unspecified atom stereocenters. The summed E-state index contributed by atoms with van der Waals surface area (Å²) in [5, 5.41) is 3.04. The van der Waals surface area contributed by atoms with Crippen LogP contribution in [0.1, 0.15) is 37.3 Å². The molecule has 2 aliphatic carbocycles. The van der Waals surface area contributed by atoms with E-state index in [0.29, 0.717) is 12.0 Å². The van der Waals surface area contributed by atoms with Crippen molar-refractivity contribution in [1.29, 1.82) is 0 Å². The fourth-order valence-electron chi connectivity index (χ4n) is 3.22. The van der Waals surface area contributed by atoms with Crippen molar-refractivity contribution in [1.82, 2.24) is 4.98 Å². The summed E-state index contributed by atoms with van der Waals surface area (Å²) in [6.45, 7) is 1.56. The van der Waals surface area contributed by atoms with Gasteiger partial charge in [-0.15, -0.1) is 0 Å². The largest absolute Gasteiger partial charge is 0.474 e. The van der Waals surface area contributed by atoms with Gasteiger partial charge in [-0.3, -0.25) is 4.79 Å². The summed E-state index contributed by atoms with van der Waals surface area (Å²) in [7, 11) is 0. The van der Waals surface area contributed by atoms with Crippen molar-refractivity contribution < 1.29 is 9.53 Å². The Labute approximate surface area is 135 Å². The number of aryl methyl sites for hydroxylation is 1. The Kier molecular flexibility index (Phi) is 3.52. The molecular weight excluding hydrogens is 288 g/mol. The van der Waals surface area contributed by atoms with E-state index in [2.05, 4.69) is 22.4 Å². The molecule has 1 amide bonds. The number of benzene rings is 1. The number of carbonyl (C=O) groups is 1. The minimum atomic E-state index is -0.0324. The van der Waals surface area contributed by atoms with E-state index in [1.165, 1.54) is 11.1 Å². The summed E-state index contributed by atoms with van der Waals surface area (Å²) in [5.74, 6) is 0.634. The average molecular weight is 308 g/mol. The number of pyridine rings is 1. The number of hydrogen-bond donors (Lipinski definition) is 1. The van der Waals surface area contributed by atoms with Crippen molar-refractivity contribution in [3.05, 3.63) is 41.6 Å². The third kappa shape index (κ3) is 2.93. The Hall–Kier alpha value is -2.36. The summed E-state index contributed by atoms with van der Waals surface area (Å²) in [5.41, 5.74) is 5.66. The van der Waals surface area contributed by atoms with Gasteiger partial charge in [-0.05, 0) is 54.9 Å². The maximum atomic E-state index is 11.7. The quantitative estimate of drug-likeness (QED) is 0.936. The van der Waals surface area contributed by atoms with Gasteiger partial charge in [0.25, 0.3) is 0 Å². The molecule has 1 aromatic heterocycles. The molecule has 1 N–H and O–H groups in total. The van der Waals surface area contributed by atoms with Crippen LogP contribution >= 0.6 is 0 Å². The number of amides is 1. The van der Waals surface area contributed by atoms with Crippen LogP contribution in [0.5, 0.6) is 5.88 Å². The highest BCUT2D eigenvalue weighted by Crippen LogP contribution is 2.38. The highest BCUT2D eigenvalue weighted by Gasteiger charge is 2.24. The number of anilines is 1. The predicted molar refractivity (Wildman–Crippen MR) is 89.7 cm³/mol. The first-order valence-corrected chi connectivity index (χ1v) is 8.26. The second-order valence-corrected chi connectivity index (χ2v) is 6.36. The van der Waals surface area contributed by atoms with Gasteiger partial charge in [0.05, 0.1) is 5.69 Å². The molecule has 2 aromatic rings. The molecule has 0 radical (unpaired) electrons. The standard InChI is InChI=1S/C19H20N2O2/c1-12(22)21-19-16-4-2-3-13(16)5-8-17(19)14-9-10-20-18(11-14)23-15-6-7-15/h5,8-11,15H,2-4,6-7H2,1H3,(H,21,22). The molecule has 118 valence electrons. The Morgan fingerprint density at radius 3 is 2.91 bits per heavy atom. The van der Waals surface area contributed by atoms with E-state index >= 15 is 0 Å². The van der Waals surface area contributed by atoms with Gasteiger partial charge in [-0.2, -0.15) is 0 Å². The van der Waals surface area contributed by atoms with Crippen LogP contribution in [0.3, 0.4) is 0 Å². The Morgan fingerprint density at radius 1 is 1.26 bits per heavy atom. The van der Waals surface area contributed by atoms with Crippen molar-refractivity contribution >= 4 is 11.6 Å². The molecule has 0 saturated heterocycles. The molecule has 23 heavy (non-hydrogen) atoms. The molecule has 0 spiro atoms. The van der Waals surface area contributed by atoms with Crippen LogP contribution < -0.4 is 10.1 Å². The lowest BCUT2D eigenvalue weighted by molar-refractivity contribution is -0.114. The molecule has 0 atom stereocenters. The molecule has 0 bridgehead atoms. The fourth-order valence-corrected chi connectivity index (χ4v) is 3.22.